The molecule has 0 aliphatic heterocycles. The van der Waals surface area contributed by atoms with Crippen LogP contribution in [0.1, 0.15) is 24.2 Å². The minimum Gasteiger partial charge on any atom is -0.350 e. The van der Waals surface area contributed by atoms with E-state index in [0.29, 0.717) is 0 Å². The Morgan fingerprint density at radius 3 is 2.50 bits per heavy atom. The van der Waals surface area contributed by atoms with Gasteiger partial charge in [-0.25, -0.2) is 0 Å². The van der Waals surface area contributed by atoms with Gasteiger partial charge in [0.2, 0.25) is 0 Å². The van der Waals surface area contributed by atoms with Gasteiger partial charge in [0.1, 0.15) is 0 Å². The van der Waals surface area contributed by atoms with E-state index in [2.05, 4.69) is 6.07 Å². The molecule has 0 fully saturated rings. The third-order valence-electron chi connectivity index (χ3n) is 3.00. The zero-order chi connectivity index (χ0) is 12.3. The summed E-state index contributed by atoms with van der Waals surface area (Å²) in [5.41, 5.74) is 0.742. The molecular formula is C15H16LiNO. The van der Waals surface area contributed by atoms with Crippen LogP contribution in [0, 0.1) is 6.07 Å². The molecule has 0 saturated carbocycles. The van der Waals surface area contributed by atoms with Gasteiger partial charge in [-0.15, -0.1) is 16.8 Å². The molecule has 0 unspecified atom stereocenters. The molecule has 2 rings (SSSR count). The van der Waals surface area contributed by atoms with E-state index >= 15 is 0 Å². The smallest absolute Gasteiger partial charge is 0.350 e. The normalized spacial score (nSPS) is 9.89. The van der Waals surface area contributed by atoms with Crippen molar-refractivity contribution in [1.29, 1.82) is 0 Å². The summed E-state index contributed by atoms with van der Waals surface area (Å²) in [6.07, 6.45) is 0. The number of carbonyl (C=O) groups excluding carboxylic acids is 1. The maximum absolute atomic E-state index is 12.3. The van der Waals surface area contributed by atoms with Crippen molar-refractivity contribution in [2.75, 3.05) is 13.1 Å². The van der Waals surface area contributed by atoms with Crippen LogP contribution in [0.25, 0.3) is 10.8 Å². The average Bonchev–Trinajstić information content (AvgIpc) is 2.39. The van der Waals surface area contributed by atoms with Crippen LogP contribution < -0.4 is 18.9 Å². The Morgan fingerprint density at radius 2 is 1.83 bits per heavy atom. The Morgan fingerprint density at radius 1 is 1.17 bits per heavy atom. The van der Waals surface area contributed by atoms with Gasteiger partial charge < -0.3 is 4.90 Å². The first-order valence-corrected chi connectivity index (χ1v) is 5.96. The summed E-state index contributed by atoms with van der Waals surface area (Å²) in [5, 5.41) is 2.06. The van der Waals surface area contributed by atoms with Gasteiger partial charge in [-0.2, -0.15) is 18.2 Å². The van der Waals surface area contributed by atoms with Crippen molar-refractivity contribution in [1.82, 2.24) is 4.90 Å². The molecule has 2 nitrogen and oxygen atoms in total. The average molecular weight is 233 g/mol. The Kier molecular flexibility index (Phi) is 5.46. The zero-order valence-corrected chi connectivity index (χ0v) is 11.2. The summed E-state index contributed by atoms with van der Waals surface area (Å²) in [6.45, 7) is 5.46. The van der Waals surface area contributed by atoms with E-state index in [9.17, 15) is 4.79 Å². The molecule has 0 heterocycles. The van der Waals surface area contributed by atoms with Gasteiger partial charge in [-0.1, -0.05) is 23.8 Å². The van der Waals surface area contributed by atoms with Crippen molar-refractivity contribution in [3.05, 3.63) is 48.0 Å². The molecule has 0 N–H and O–H groups in total. The largest absolute Gasteiger partial charge is 1.00 e. The fraction of sp³-hybridized carbons (Fsp3) is 0.267. The predicted octanol–water partition coefficient (Wildman–Crippen LogP) is 0.126. The van der Waals surface area contributed by atoms with E-state index < -0.39 is 0 Å². The Balaban J connectivity index is 0.00000162. The molecule has 3 heteroatoms. The summed E-state index contributed by atoms with van der Waals surface area (Å²) in [4.78, 5) is 14.2. The molecule has 88 valence electrons. The third-order valence-corrected chi connectivity index (χ3v) is 3.00. The minimum absolute atomic E-state index is 0. The molecule has 2 aromatic carbocycles. The van der Waals surface area contributed by atoms with E-state index in [-0.39, 0.29) is 24.8 Å². The number of rotatable bonds is 3. The van der Waals surface area contributed by atoms with Gasteiger partial charge in [0.15, 0.2) is 5.91 Å². The van der Waals surface area contributed by atoms with Crippen LogP contribution in [0.3, 0.4) is 0 Å². The SMILES string of the molecule is CCN(CC)C(=O)c1c[c-]cc2ccccc12.[Li+]. The standard InChI is InChI=1S/C15H16NO.Li/c1-3-16(4-2)15(17)14-11-7-9-12-8-5-6-10-13(12)14;/h5-6,8-11H,3-4H2,1-2H3;/q-1;+1. The van der Waals surface area contributed by atoms with E-state index in [1.807, 2.05) is 49.1 Å². The summed E-state index contributed by atoms with van der Waals surface area (Å²) in [7, 11) is 0. The van der Waals surface area contributed by atoms with Gasteiger partial charge in [0.25, 0.3) is 0 Å². The maximum Gasteiger partial charge on any atom is 1.00 e. The summed E-state index contributed by atoms with van der Waals surface area (Å²) < 4.78 is 0. The van der Waals surface area contributed by atoms with Crippen molar-refractivity contribution in [2.24, 2.45) is 0 Å². The fourth-order valence-corrected chi connectivity index (χ4v) is 2.02. The molecule has 0 atom stereocenters. The molecule has 0 aliphatic rings. The number of hydrogen-bond donors (Lipinski definition) is 0. The van der Waals surface area contributed by atoms with Gasteiger partial charge in [0, 0.05) is 13.1 Å². The van der Waals surface area contributed by atoms with Crippen molar-refractivity contribution >= 4 is 16.7 Å². The molecule has 0 radical (unpaired) electrons. The van der Waals surface area contributed by atoms with Crippen LogP contribution in [0.2, 0.25) is 0 Å². The zero-order valence-electron chi connectivity index (χ0n) is 11.2. The predicted molar refractivity (Wildman–Crippen MR) is 70.0 cm³/mol. The molecule has 0 aliphatic carbocycles. The van der Waals surface area contributed by atoms with Crippen LogP contribution in [0.5, 0.6) is 0 Å². The number of benzene rings is 2. The summed E-state index contributed by atoms with van der Waals surface area (Å²) >= 11 is 0. The Hall–Kier alpha value is -1.23. The second kappa shape index (κ2) is 6.63. The van der Waals surface area contributed by atoms with Gasteiger partial charge in [-0.05, 0) is 13.8 Å². The third kappa shape index (κ3) is 2.77. The Bertz CT molecular complexity index is 530. The molecular weight excluding hydrogens is 217 g/mol. The van der Waals surface area contributed by atoms with Crippen molar-refractivity contribution in [3.8, 4) is 0 Å². The number of amides is 1. The number of hydrogen-bond acceptors (Lipinski definition) is 1. The summed E-state index contributed by atoms with van der Waals surface area (Å²) in [5.74, 6) is 0.0862. The first-order valence-electron chi connectivity index (χ1n) is 5.96. The monoisotopic (exact) mass is 233 g/mol. The van der Waals surface area contributed by atoms with Gasteiger partial charge in [-0.3, -0.25) is 4.79 Å². The number of carbonyl (C=O) groups is 1. The van der Waals surface area contributed by atoms with E-state index in [1.165, 1.54) is 0 Å². The van der Waals surface area contributed by atoms with Crippen LogP contribution in [-0.2, 0) is 0 Å². The fourth-order valence-electron chi connectivity index (χ4n) is 2.02. The van der Waals surface area contributed by atoms with E-state index in [1.54, 1.807) is 6.07 Å². The van der Waals surface area contributed by atoms with E-state index in [4.69, 9.17) is 0 Å². The second-order valence-electron chi connectivity index (χ2n) is 3.93. The maximum atomic E-state index is 12.3. The topological polar surface area (TPSA) is 20.3 Å². The molecule has 0 aromatic heterocycles. The van der Waals surface area contributed by atoms with Crippen LogP contribution in [0.15, 0.2) is 36.4 Å². The van der Waals surface area contributed by atoms with Crippen molar-refractivity contribution < 1.29 is 23.7 Å². The second-order valence-corrected chi connectivity index (χ2v) is 3.93. The minimum atomic E-state index is 0. The van der Waals surface area contributed by atoms with Gasteiger partial charge in [0.05, 0.1) is 0 Å². The van der Waals surface area contributed by atoms with Crippen LogP contribution in [-0.4, -0.2) is 23.9 Å². The molecule has 0 bridgehead atoms. The molecule has 18 heavy (non-hydrogen) atoms. The van der Waals surface area contributed by atoms with Crippen LogP contribution in [0.4, 0.5) is 0 Å². The first kappa shape index (κ1) is 14.8. The number of fused-ring (bicyclic) bond motifs is 1. The summed E-state index contributed by atoms with van der Waals surface area (Å²) in [6, 6.07) is 14.7. The molecule has 0 saturated heterocycles. The quantitative estimate of drug-likeness (QED) is 0.545. The first-order chi connectivity index (χ1) is 8.27. The van der Waals surface area contributed by atoms with E-state index in [0.717, 1.165) is 29.4 Å². The van der Waals surface area contributed by atoms with Crippen LogP contribution >= 0.6 is 0 Å². The Labute approximate surface area is 120 Å². The molecule has 0 spiro atoms. The van der Waals surface area contributed by atoms with Crippen molar-refractivity contribution in [3.63, 3.8) is 0 Å². The molecule has 1 amide bonds. The molecule has 2 aromatic rings. The van der Waals surface area contributed by atoms with Gasteiger partial charge >= 0.3 is 18.9 Å². The van der Waals surface area contributed by atoms with Crippen molar-refractivity contribution in [2.45, 2.75) is 13.8 Å². The number of nitrogens with zero attached hydrogens (tertiary/aromatic N) is 1.